The molecule has 19 heavy (non-hydrogen) atoms. The highest BCUT2D eigenvalue weighted by atomic mass is 16.2. The molecule has 0 bridgehead atoms. The number of nitrogens with two attached hydrogens (primary N) is 1. The maximum absolute atomic E-state index is 12.3. The fourth-order valence-corrected chi connectivity index (χ4v) is 2.05. The standard InChI is InChI=1S/C15H19N3O/c1-3-15(16,4-2)14(19)18-13-7-5-6-11-10-17-9-8-12(11)13/h5-10H,3-4,16H2,1-2H3,(H,18,19). The van der Waals surface area contributed by atoms with Gasteiger partial charge in [-0.05, 0) is 25.0 Å². The van der Waals surface area contributed by atoms with Crippen LogP contribution < -0.4 is 11.1 Å². The summed E-state index contributed by atoms with van der Waals surface area (Å²) in [4.78, 5) is 16.4. The van der Waals surface area contributed by atoms with E-state index in [2.05, 4.69) is 10.3 Å². The molecule has 2 aromatic rings. The molecule has 0 spiro atoms. The Kier molecular flexibility index (Phi) is 3.81. The quantitative estimate of drug-likeness (QED) is 0.884. The minimum Gasteiger partial charge on any atom is -0.324 e. The average molecular weight is 257 g/mol. The van der Waals surface area contributed by atoms with Gasteiger partial charge in [-0.3, -0.25) is 9.78 Å². The molecule has 4 nitrogen and oxygen atoms in total. The number of pyridine rings is 1. The molecule has 0 radical (unpaired) electrons. The van der Waals surface area contributed by atoms with Gasteiger partial charge in [-0.2, -0.15) is 0 Å². The third kappa shape index (κ3) is 2.58. The van der Waals surface area contributed by atoms with Crippen molar-refractivity contribution in [3.63, 3.8) is 0 Å². The molecule has 3 N–H and O–H groups in total. The van der Waals surface area contributed by atoms with Crippen LogP contribution in [0, 0.1) is 0 Å². The van der Waals surface area contributed by atoms with Gasteiger partial charge in [0, 0.05) is 28.9 Å². The van der Waals surface area contributed by atoms with Crippen molar-refractivity contribution >= 4 is 22.4 Å². The zero-order chi connectivity index (χ0) is 13.9. The van der Waals surface area contributed by atoms with Crippen LogP contribution in [0.1, 0.15) is 26.7 Å². The van der Waals surface area contributed by atoms with Crippen LogP contribution in [-0.4, -0.2) is 16.4 Å². The van der Waals surface area contributed by atoms with E-state index in [1.54, 1.807) is 12.4 Å². The third-order valence-electron chi connectivity index (χ3n) is 3.64. The molecule has 1 aromatic heterocycles. The van der Waals surface area contributed by atoms with E-state index >= 15 is 0 Å². The Balaban J connectivity index is 2.34. The van der Waals surface area contributed by atoms with Gasteiger partial charge in [0.15, 0.2) is 0 Å². The van der Waals surface area contributed by atoms with Crippen molar-refractivity contribution in [3.8, 4) is 0 Å². The first-order valence-corrected chi connectivity index (χ1v) is 6.54. The van der Waals surface area contributed by atoms with Crippen molar-refractivity contribution in [2.45, 2.75) is 32.2 Å². The van der Waals surface area contributed by atoms with Gasteiger partial charge in [0.05, 0.1) is 5.54 Å². The van der Waals surface area contributed by atoms with E-state index in [4.69, 9.17) is 5.73 Å². The number of fused-ring (bicyclic) bond motifs is 1. The Morgan fingerprint density at radius 1 is 1.32 bits per heavy atom. The molecule has 1 heterocycles. The predicted molar refractivity (Wildman–Crippen MR) is 77.9 cm³/mol. The van der Waals surface area contributed by atoms with Crippen molar-refractivity contribution in [2.75, 3.05) is 5.32 Å². The van der Waals surface area contributed by atoms with Gasteiger partial charge >= 0.3 is 0 Å². The predicted octanol–water partition coefficient (Wildman–Crippen LogP) is 2.69. The molecule has 0 aliphatic rings. The van der Waals surface area contributed by atoms with Crippen LogP contribution in [0.3, 0.4) is 0 Å². The summed E-state index contributed by atoms with van der Waals surface area (Å²) in [6.07, 6.45) is 4.72. The van der Waals surface area contributed by atoms with Crippen molar-refractivity contribution in [2.24, 2.45) is 5.73 Å². The van der Waals surface area contributed by atoms with Crippen LogP contribution >= 0.6 is 0 Å². The topological polar surface area (TPSA) is 68.0 Å². The number of carbonyl (C=O) groups is 1. The summed E-state index contributed by atoms with van der Waals surface area (Å²) in [6, 6.07) is 7.63. The largest absolute Gasteiger partial charge is 0.324 e. The number of nitrogens with one attached hydrogen (secondary N) is 1. The van der Waals surface area contributed by atoms with E-state index in [1.165, 1.54) is 0 Å². The Morgan fingerprint density at radius 2 is 2.05 bits per heavy atom. The first-order valence-electron chi connectivity index (χ1n) is 6.54. The lowest BCUT2D eigenvalue weighted by Gasteiger charge is -2.25. The van der Waals surface area contributed by atoms with Gasteiger partial charge in [-0.15, -0.1) is 0 Å². The Hall–Kier alpha value is -1.94. The minimum absolute atomic E-state index is 0.137. The van der Waals surface area contributed by atoms with Crippen molar-refractivity contribution < 1.29 is 4.79 Å². The van der Waals surface area contributed by atoms with E-state index in [9.17, 15) is 4.79 Å². The first kappa shape index (κ1) is 13.5. The van der Waals surface area contributed by atoms with Crippen LogP contribution in [0.4, 0.5) is 5.69 Å². The van der Waals surface area contributed by atoms with Crippen LogP contribution in [0.25, 0.3) is 10.8 Å². The molecular weight excluding hydrogens is 238 g/mol. The number of rotatable bonds is 4. The Morgan fingerprint density at radius 3 is 2.74 bits per heavy atom. The van der Waals surface area contributed by atoms with Gasteiger partial charge in [0.1, 0.15) is 0 Å². The molecule has 0 unspecified atom stereocenters. The first-order chi connectivity index (χ1) is 9.10. The van der Waals surface area contributed by atoms with Gasteiger partial charge in [0.25, 0.3) is 0 Å². The molecule has 0 fully saturated rings. The van der Waals surface area contributed by atoms with Crippen LogP contribution in [0.15, 0.2) is 36.7 Å². The van der Waals surface area contributed by atoms with Crippen LogP contribution in [0.5, 0.6) is 0 Å². The second-order valence-electron chi connectivity index (χ2n) is 4.72. The maximum Gasteiger partial charge on any atom is 0.244 e. The molecule has 0 saturated heterocycles. The molecule has 0 saturated carbocycles. The lowest BCUT2D eigenvalue weighted by Crippen LogP contribution is -2.50. The van der Waals surface area contributed by atoms with E-state index in [0.29, 0.717) is 12.8 Å². The van der Waals surface area contributed by atoms with E-state index < -0.39 is 5.54 Å². The highest BCUT2D eigenvalue weighted by molar-refractivity contribution is 6.05. The van der Waals surface area contributed by atoms with Gasteiger partial charge in [-0.1, -0.05) is 26.0 Å². The monoisotopic (exact) mass is 257 g/mol. The van der Waals surface area contributed by atoms with Gasteiger partial charge in [-0.25, -0.2) is 0 Å². The average Bonchev–Trinajstić information content (AvgIpc) is 2.46. The summed E-state index contributed by atoms with van der Waals surface area (Å²) in [5.41, 5.74) is 6.08. The van der Waals surface area contributed by atoms with Crippen LogP contribution in [-0.2, 0) is 4.79 Å². The number of hydrogen-bond acceptors (Lipinski definition) is 3. The Bertz CT molecular complexity index is 585. The van der Waals surface area contributed by atoms with Crippen molar-refractivity contribution in [3.05, 3.63) is 36.7 Å². The minimum atomic E-state index is -0.810. The maximum atomic E-state index is 12.3. The number of carbonyl (C=O) groups excluding carboxylic acids is 1. The number of aromatic nitrogens is 1. The summed E-state index contributed by atoms with van der Waals surface area (Å²) in [7, 11) is 0. The zero-order valence-electron chi connectivity index (χ0n) is 11.3. The van der Waals surface area contributed by atoms with Crippen molar-refractivity contribution in [1.29, 1.82) is 0 Å². The summed E-state index contributed by atoms with van der Waals surface area (Å²) in [5.74, 6) is -0.137. The van der Waals surface area contributed by atoms with E-state index in [-0.39, 0.29) is 5.91 Å². The van der Waals surface area contributed by atoms with E-state index in [0.717, 1.165) is 16.5 Å². The summed E-state index contributed by atoms with van der Waals surface area (Å²) in [5, 5.41) is 4.90. The molecule has 0 atom stereocenters. The second kappa shape index (κ2) is 5.36. The highest BCUT2D eigenvalue weighted by Gasteiger charge is 2.30. The highest BCUT2D eigenvalue weighted by Crippen LogP contribution is 2.24. The lowest BCUT2D eigenvalue weighted by atomic mass is 9.93. The second-order valence-corrected chi connectivity index (χ2v) is 4.72. The Labute approximate surface area is 113 Å². The number of anilines is 1. The van der Waals surface area contributed by atoms with Crippen LogP contribution in [0.2, 0.25) is 0 Å². The normalized spacial score (nSPS) is 11.5. The number of amides is 1. The molecule has 0 aliphatic heterocycles. The summed E-state index contributed by atoms with van der Waals surface area (Å²) >= 11 is 0. The number of nitrogens with zero attached hydrogens (tertiary/aromatic N) is 1. The smallest absolute Gasteiger partial charge is 0.244 e. The molecular formula is C15H19N3O. The molecule has 100 valence electrons. The SMILES string of the molecule is CCC(N)(CC)C(=O)Nc1cccc2cnccc12. The van der Waals surface area contributed by atoms with E-state index in [1.807, 2.05) is 38.1 Å². The van der Waals surface area contributed by atoms with Gasteiger partial charge < -0.3 is 11.1 Å². The van der Waals surface area contributed by atoms with Crippen molar-refractivity contribution in [1.82, 2.24) is 4.98 Å². The molecule has 0 aliphatic carbocycles. The zero-order valence-corrected chi connectivity index (χ0v) is 11.3. The summed E-state index contributed by atoms with van der Waals surface area (Å²) < 4.78 is 0. The third-order valence-corrected chi connectivity index (χ3v) is 3.64. The molecule has 1 amide bonds. The summed E-state index contributed by atoms with van der Waals surface area (Å²) in [6.45, 7) is 3.85. The molecule has 2 rings (SSSR count). The number of benzene rings is 1. The molecule has 4 heteroatoms. The fourth-order valence-electron chi connectivity index (χ4n) is 2.05. The lowest BCUT2D eigenvalue weighted by molar-refractivity contribution is -0.121. The number of hydrogen-bond donors (Lipinski definition) is 2. The fraction of sp³-hybridized carbons (Fsp3) is 0.333. The van der Waals surface area contributed by atoms with Gasteiger partial charge in [0.2, 0.25) is 5.91 Å². The molecule has 1 aromatic carbocycles.